The normalized spacial score (nSPS) is 11.6. The Morgan fingerprint density at radius 2 is 2.04 bits per heavy atom. The molecule has 0 radical (unpaired) electrons. The zero-order chi connectivity index (χ0) is 18.1. The van der Waals surface area contributed by atoms with Gasteiger partial charge >= 0.3 is 5.97 Å². The Balaban J connectivity index is 2.74. The van der Waals surface area contributed by atoms with E-state index in [1.165, 1.54) is 30.0 Å². The molecular formula is C15H18Cl2N2O4S. The highest BCUT2D eigenvalue weighted by atomic mass is 35.5. The molecule has 132 valence electrons. The van der Waals surface area contributed by atoms with E-state index < -0.39 is 23.8 Å². The predicted molar refractivity (Wildman–Crippen MR) is 95.5 cm³/mol. The summed E-state index contributed by atoms with van der Waals surface area (Å²) in [6.45, 7) is -0.124. The Labute approximate surface area is 154 Å². The molecule has 0 aliphatic heterocycles. The zero-order valence-electron chi connectivity index (χ0n) is 13.0. The smallest absolute Gasteiger partial charge is 0.328 e. The van der Waals surface area contributed by atoms with E-state index in [1.54, 1.807) is 0 Å². The first kappa shape index (κ1) is 20.6. The maximum absolute atomic E-state index is 12.3. The van der Waals surface area contributed by atoms with Gasteiger partial charge in [-0.15, -0.1) is 0 Å². The van der Waals surface area contributed by atoms with Crippen LogP contribution < -0.4 is 11.1 Å². The van der Waals surface area contributed by atoms with Gasteiger partial charge in [-0.2, -0.15) is 11.8 Å². The third-order valence-corrected chi connectivity index (χ3v) is 4.16. The maximum Gasteiger partial charge on any atom is 0.328 e. The van der Waals surface area contributed by atoms with Crippen molar-refractivity contribution in [2.45, 2.75) is 18.9 Å². The van der Waals surface area contributed by atoms with Crippen molar-refractivity contribution in [1.82, 2.24) is 5.32 Å². The second-order valence-electron chi connectivity index (χ2n) is 4.82. The largest absolute Gasteiger partial charge is 0.464 e. The molecule has 2 amide bonds. The van der Waals surface area contributed by atoms with E-state index in [-0.39, 0.29) is 23.6 Å². The highest BCUT2D eigenvalue weighted by Crippen LogP contribution is 2.21. The minimum atomic E-state index is -0.843. The Morgan fingerprint density at radius 1 is 1.33 bits per heavy atom. The van der Waals surface area contributed by atoms with Gasteiger partial charge < -0.3 is 15.8 Å². The third kappa shape index (κ3) is 6.98. The van der Waals surface area contributed by atoms with E-state index in [0.29, 0.717) is 17.2 Å². The van der Waals surface area contributed by atoms with Gasteiger partial charge in [0, 0.05) is 5.02 Å². The van der Waals surface area contributed by atoms with E-state index in [9.17, 15) is 14.4 Å². The van der Waals surface area contributed by atoms with Gasteiger partial charge in [0.15, 0.2) is 0 Å². The number of ether oxygens (including phenoxy) is 1. The van der Waals surface area contributed by atoms with Crippen molar-refractivity contribution in [3.8, 4) is 0 Å². The summed E-state index contributed by atoms with van der Waals surface area (Å²) in [5.74, 6) is -1.05. The first-order valence-corrected chi connectivity index (χ1v) is 9.20. The molecule has 6 nitrogen and oxygen atoms in total. The molecule has 1 rings (SSSR count). The van der Waals surface area contributed by atoms with Crippen molar-refractivity contribution in [3.63, 3.8) is 0 Å². The second-order valence-corrected chi connectivity index (χ2v) is 6.64. The lowest BCUT2D eigenvalue weighted by Gasteiger charge is -2.17. The molecule has 9 heteroatoms. The number of rotatable bonds is 9. The first-order chi connectivity index (χ1) is 11.3. The molecule has 0 aliphatic carbocycles. The number of hydrogen-bond donors (Lipinski definition) is 2. The van der Waals surface area contributed by atoms with Crippen molar-refractivity contribution in [2.75, 3.05) is 18.6 Å². The average Bonchev–Trinajstić information content (AvgIpc) is 2.50. The van der Waals surface area contributed by atoms with Gasteiger partial charge in [0.25, 0.3) is 5.91 Å². The molecule has 0 saturated heterocycles. The number of thioether (sulfide) groups is 1. The third-order valence-electron chi connectivity index (χ3n) is 2.97. The lowest BCUT2D eigenvalue weighted by atomic mass is 10.1. The molecule has 0 bridgehead atoms. The van der Waals surface area contributed by atoms with Crippen LogP contribution in [0, 0.1) is 0 Å². The number of nitrogens with one attached hydrogen (secondary N) is 1. The number of amides is 2. The minimum Gasteiger partial charge on any atom is -0.464 e. The van der Waals surface area contributed by atoms with E-state index in [0.717, 1.165) is 0 Å². The van der Waals surface area contributed by atoms with Gasteiger partial charge in [-0.25, -0.2) is 4.79 Å². The molecule has 0 saturated carbocycles. The molecule has 1 aromatic rings. The molecule has 3 N–H and O–H groups in total. The number of benzene rings is 1. The predicted octanol–water partition coefficient (Wildman–Crippen LogP) is 2.26. The fraction of sp³-hybridized carbons (Fsp3) is 0.400. The summed E-state index contributed by atoms with van der Waals surface area (Å²) >= 11 is 13.3. The molecular weight excluding hydrogens is 375 g/mol. The highest BCUT2D eigenvalue weighted by molar-refractivity contribution is 7.98. The number of halogens is 2. The molecule has 0 fully saturated rings. The van der Waals surface area contributed by atoms with Crippen molar-refractivity contribution in [3.05, 3.63) is 33.8 Å². The van der Waals surface area contributed by atoms with E-state index in [2.05, 4.69) is 5.32 Å². The van der Waals surface area contributed by atoms with Crippen molar-refractivity contribution in [2.24, 2.45) is 5.73 Å². The second kappa shape index (κ2) is 10.4. The van der Waals surface area contributed by atoms with Crippen molar-refractivity contribution in [1.29, 1.82) is 0 Å². The topological polar surface area (TPSA) is 98.5 Å². The number of carbonyl (C=O) groups excluding carboxylic acids is 3. The van der Waals surface area contributed by atoms with E-state index >= 15 is 0 Å². The summed E-state index contributed by atoms with van der Waals surface area (Å²) in [5, 5.41) is 3.19. The van der Waals surface area contributed by atoms with Crippen LogP contribution in [0.4, 0.5) is 0 Å². The molecule has 0 heterocycles. The zero-order valence-corrected chi connectivity index (χ0v) is 15.3. The summed E-state index contributed by atoms with van der Waals surface area (Å²) in [5.41, 5.74) is 5.20. The minimum absolute atomic E-state index is 0.0715. The van der Waals surface area contributed by atoms with Crippen LogP contribution in [0.2, 0.25) is 10.0 Å². The van der Waals surface area contributed by atoms with E-state index in [1.807, 2.05) is 6.26 Å². The maximum atomic E-state index is 12.3. The van der Waals surface area contributed by atoms with Crippen LogP contribution in [-0.2, 0) is 14.3 Å². The first-order valence-electron chi connectivity index (χ1n) is 7.05. The lowest BCUT2D eigenvalue weighted by Crippen LogP contribution is -2.42. The molecule has 1 atom stereocenters. The molecule has 0 aliphatic rings. The summed E-state index contributed by atoms with van der Waals surface area (Å²) in [6, 6.07) is 3.61. The number of esters is 1. The van der Waals surface area contributed by atoms with Crippen LogP contribution in [0.1, 0.15) is 23.2 Å². The highest BCUT2D eigenvalue weighted by Gasteiger charge is 2.23. The fourth-order valence-electron chi connectivity index (χ4n) is 1.75. The van der Waals surface area contributed by atoms with Gasteiger partial charge in [-0.3, -0.25) is 9.59 Å². The van der Waals surface area contributed by atoms with Crippen LogP contribution in [0.5, 0.6) is 0 Å². The van der Waals surface area contributed by atoms with Crippen molar-refractivity contribution >= 4 is 52.7 Å². The number of hydrogen-bond acceptors (Lipinski definition) is 5. The summed E-state index contributed by atoms with van der Waals surface area (Å²) in [6.07, 6.45) is 2.19. The SMILES string of the molecule is CSCCC(NC(=O)c1ccc(Cl)cc1Cl)C(=O)OCCC(N)=O. The molecule has 1 aromatic carbocycles. The molecule has 1 unspecified atom stereocenters. The van der Waals surface area contributed by atoms with Gasteiger partial charge in [0.05, 0.1) is 17.0 Å². The van der Waals surface area contributed by atoms with Crippen LogP contribution in [0.3, 0.4) is 0 Å². The summed E-state index contributed by atoms with van der Waals surface area (Å²) in [4.78, 5) is 35.1. The van der Waals surface area contributed by atoms with Gasteiger partial charge in [-0.05, 0) is 36.6 Å². The van der Waals surface area contributed by atoms with E-state index in [4.69, 9.17) is 33.7 Å². The fourth-order valence-corrected chi connectivity index (χ4v) is 2.71. The van der Waals surface area contributed by atoms with Gasteiger partial charge in [0.2, 0.25) is 5.91 Å². The standard InChI is InChI=1S/C15H18Cl2N2O4S/c1-24-7-5-12(15(22)23-6-4-13(18)20)19-14(21)10-3-2-9(16)8-11(10)17/h2-3,8,12H,4-7H2,1H3,(H2,18,20)(H,19,21). The van der Waals surface area contributed by atoms with Crippen LogP contribution in [-0.4, -0.2) is 42.4 Å². The summed E-state index contributed by atoms with van der Waals surface area (Å²) in [7, 11) is 0. The van der Waals surface area contributed by atoms with Gasteiger partial charge in [-0.1, -0.05) is 23.2 Å². The van der Waals surface area contributed by atoms with Gasteiger partial charge in [0.1, 0.15) is 12.6 Å². The Morgan fingerprint density at radius 3 is 2.62 bits per heavy atom. The Bertz CT molecular complexity index is 613. The Kier molecular flexibility index (Phi) is 8.95. The molecule has 24 heavy (non-hydrogen) atoms. The molecule has 0 aromatic heterocycles. The lowest BCUT2D eigenvalue weighted by molar-refractivity contribution is -0.146. The molecule has 0 spiro atoms. The Hall–Kier alpha value is -1.44. The van der Waals surface area contributed by atoms with Crippen LogP contribution in [0.15, 0.2) is 18.2 Å². The number of carbonyl (C=O) groups is 3. The van der Waals surface area contributed by atoms with Crippen LogP contribution in [0.25, 0.3) is 0 Å². The van der Waals surface area contributed by atoms with Crippen LogP contribution >= 0.6 is 35.0 Å². The monoisotopic (exact) mass is 392 g/mol. The average molecular weight is 393 g/mol. The quantitative estimate of drug-likeness (QED) is 0.627. The number of nitrogens with two attached hydrogens (primary N) is 1. The summed E-state index contributed by atoms with van der Waals surface area (Å²) < 4.78 is 4.98. The number of primary amides is 1. The van der Waals surface area contributed by atoms with Crippen molar-refractivity contribution < 1.29 is 19.1 Å².